The normalized spacial score (nSPS) is 16.4. The Bertz CT molecular complexity index is 629. The number of hydrogen-bond acceptors (Lipinski definition) is 7. The molecular formula is C12H15N3O7. The second kappa shape index (κ2) is 6.03. The molecule has 0 spiro atoms. The Morgan fingerprint density at radius 1 is 1.32 bits per heavy atom. The van der Waals surface area contributed by atoms with Gasteiger partial charge in [0.15, 0.2) is 0 Å². The van der Waals surface area contributed by atoms with Crippen molar-refractivity contribution in [2.24, 2.45) is 11.7 Å². The molecule has 1 rings (SSSR count). The Kier molecular flexibility index (Phi) is 4.79. The fraction of sp³-hybridized carbons (Fsp3) is 0.417. The molecule has 3 unspecified atom stereocenters. The van der Waals surface area contributed by atoms with Gasteiger partial charge in [0.1, 0.15) is 6.04 Å². The molecule has 4 N–H and O–H groups in total. The average Bonchev–Trinajstić information content (AvgIpc) is 2.44. The van der Waals surface area contributed by atoms with Crippen LogP contribution in [0.25, 0.3) is 0 Å². The van der Waals surface area contributed by atoms with Gasteiger partial charge in [-0.15, -0.1) is 0 Å². The fourth-order valence-corrected chi connectivity index (χ4v) is 2.09. The Labute approximate surface area is 124 Å². The molecule has 1 aromatic carbocycles. The molecule has 22 heavy (non-hydrogen) atoms. The lowest BCUT2D eigenvalue weighted by atomic mass is 9.79. The SMILES string of the molecule is CC(C(N)C(=O)O)C(C)(O)c1cccc([N+](=O)[O-])c1[N+](=O)[O-]. The highest BCUT2D eigenvalue weighted by Crippen LogP contribution is 2.41. The van der Waals surface area contributed by atoms with E-state index in [2.05, 4.69) is 0 Å². The smallest absolute Gasteiger partial charge is 0.352 e. The van der Waals surface area contributed by atoms with Gasteiger partial charge >= 0.3 is 17.3 Å². The summed E-state index contributed by atoms with van der Waals surface area (Å²) in [4.78, 5) is 31.1. The lowest BCUT2D eigenvalue weighted by molar-refractivity contribution is -0.423. The quantitative estimate of drug-likeness (QED) is 0.510. The molecule has 0 saturated heterocycles. The van der Waals surface area contributed by atoms with E-state index in [0.717, 1.165) is 19.1 Å². The van der Waals surface area contributed by atoms with E-state index in [9.17, 15) is 30.1 Å². The highest BCUT2D eigenvalue weighted by molar-refractivity contribution is 5.74. The van der Waals surface area contributed by atoms with E-state index in [4.69, 9.17) is 10.8 Å². The Morgan fingerprint density at radius 3 is 2.27 bits per heavy atom. The summed E-state index contributed by atoms with van der Waals surface area (Å²) in [5, 5.41) is 41.5. The van der Waals surface area contributed by atoms with Crippen molar-refractivity contribution in [3.8, 4) is 0 Å². The second-order valence-electron chi connectivity index (χ2n) is 4.99. The Balaban J connectivity index is 3.54. The number of aliphatic hydroxyl groups is 1. The van der Waals surface area contributed by atoms with Gasteiger partial charge < -0.3 is 15.9 Å². The molecule has 0 fully saturated rings. The molecular weight excluding hydrogens is 298 g/mol. The minimum absolute atomic E-state index is 0.365. The van der Waals surface area contributed by atoms with Crippen LogP contribution in [0.4, 0.5) is 11.4 Å². The number of rotatable bonds is 6. The molecule has 0 aliphatic carbocycles. The van der Waals surface area contributed by atoms with Crippen LogP contribution >= 0.6 is 0 Å². The Morgan fingerprint density at radius 2 is 1.86 bits per heavy atom. The van der Waals surface area contributed by atoms with Crippen LogP contribution in [0.15, 0.2) is 18.2 Å². The number of hydrogen-bond donors (Lipinski definition) is 3. The maximum Gasteiger partial charge on any atom is 0.352 e. The predicted molar refractivity (Wildman–Crippen MR) is 74.1 cm³/mol. The average molecular weight is 313 g/mol. The number of benzene rings is 1. The van der Waals surface area contributed by atoms with Gasteiger partial charge in [-0.2, -0.15) is 0 Å². The van der Waals surface area contributed by atoms with Crippen LogP contribution in [0.5, 0.6) is 0 Å². The first-order valence-electron chi connectivity index (χ1n) is 6.14. The van der Waals surface area contributed by atoms with Crippen molar-refractivity contribution in [1.82, 2.24) is 0 Å². The first-order chi connectivity index (χ1) is 10.0. The van der Waals surface area contributed by atoms with Crippen LogP contribution in [-0.4, -0.2) is 32.1 Å². The number of carbonyl (C=O) groups is 1. The van der Waals surface area contributed by atoms with Gasteiger partial charge in [-0.25, -0.2) is 0 Å². The van der Waals surface area contributed by atoms with Gasteiger partial charge in [0, 0.05) is 12.0 Å². The molecule has 0 radical (unpaired) electrons. The number of carboxylic acids is 1. The molecule has 0 bridgehead atoms. The molecule has 0 saturated carbocycles. The van der Waals surface area contributed by atoms with Crippen molar-refractivity contribution in [3.05, 3.63) is 44.0 Å². The summed E-state index contributed by atoms with van der Waals surface area (Å²) in [6, 6.07) is 1.73. The van der Waals surface area contributed by atoms with Gasteiger partial charge in [-0.05, 0) is 13.0 Å². The number of nitro benzene ring substituents is 2. The highest BCUT2D eigenvalue weighted by Gasteiger charge is 2.44. The van der Waals surface area contributed by atoms with Crippen LogP contribution in [-0.2, 0) is 10.4 Å². The van der Waals surface area contributed by atoms with Crippen LogP contribution in [0.1, 0.15) is 19.4 Å². The second-order valence-corrected chi connectivity index (χ2v) is 4.99. The molecule has 0 amide bonds. The number of aliphatic carboxylic acids is 1. The van der Waals surface area contributed by atoms with Crippen molar-refractivity contribution >= 4 is 17.3 Å². The van der Waals surface area contributed by atoms with Crippen molar-refractivity contribution in [2.75, 3.05) is 0 Å². The van der Waals surface area contributed by atoms with E-state index in [1.807, 2.05) is 0 Å². The lowest BCUT2D eigenvalue weighted by Crippen LogP contribution is -2.46. The van der Waals surface area contributed by atoms with Crippen molar-refractivity contribution in [1.29, 1.82) is 0 Å². The van der Waals surface area contributed by atoms with E-state index in [-0.39, 0.29) is 5.56 Å². The van der Waals surface area contributed by atoms with E-state index >= 15 is 0 Å². The lowest BCUT2D eigenvalue weighted by Gasteiger charge is -2.32. The Hall–Kier alpha value is -2.59. The summed E-state index contributed by atoms with van der Waals surface area (Å²) >= 11 is 0. The van der Waals surface area contributed by atoms with E-state index in [0.29, 0.717) is 0 Å². The summed E-state index contributed by atoms with van der Waals surface area (Å²) in [6.45, 7) is 2.42. The molecule has 0 heterocycles. The molecule has 10 nitrogen and oxygen atoms in total. The number of nitrogens with zero attached hydrogens (tertiary/aromatic N) is 2. The maximum atomic E-state index is 11.2. The molecule has 3 atom stereocenters. The van der Waals surface area contributed by atoms with Crippen LogP contribution < -0.4 is 5.73 Å². The van der Waals surface area contributed by atoms with E-state index in [1.165, 1.54) is 13.0 Å². The maximum absolute atomic E-state index is 11.2. The van der Waals surface area contributed by atoms with E-state index in [1.54, 1.807) is 0 Å². The van der Waals surface area contributed by atoms with Gasteiger partial charge in [0.05, 0.1) is 21.0 Å². The largest absolute Gasteiger partial charge is 0.480 e. The molecule has 0 aliphatic heterocycles. The number of nitrogens with two attached hydrogens (primary N) is 1. The zero-order chi connectivity index (χ0) is 17.2. The number of para-hydroxylation sites is 1. The van der Waals surface area contributed by atoms with Crippen molar-refractivity contribution in [2.45, 2.75) is 25.5 Å². The van der Waals surface area contributed by atoms with Gasteiger partial charge in [0.2, 0.25) is 0 Å². The molecule has 120 valence electrons. The van der Waals surface area contributed by atoms with Gasteiger partial charge in [0.25, 0.3) is 0 Å². The number of carboxylic acid groups (broad SMARTS) is 1. The third-order valence-corrected chi connectivity index (χ3v) is 3.65. The van der Waals surface area contributed by atoms with Crippen LogP contribution in [0.2, 0.25) is 0 Å². The summed E-state index contributed by atoms with van der Waals surface area (Å²) in [5.41, 5.74) is 1.35. The fourth-order valence-electron chi connectivity index (χ4n) is 2.09. The monoisotopic (exact) mass is 313 g/mol. The molecule has 1 aromatic rings. The summed E-state index contributed by atoms with van der Waals surface area (Å²) in [5.74, 6) is -2.54. The topological polar surface area (TPSA) is 170 Å². The minimum atomic E-state index is -2.05. The first kappa shape index (κ1) is 17.5. The summed E-state index contributed by atoms with van der Waals surface area (Å²) in [7, 11) is 0. The third-order valence-electron chi connectivity index (χ3n) is 3.65. The zero-order valence-electron chi connectivity index (χ0n) is 11.8. The first-order valence-corrected chi connectivity index (χ1v) is 6.14. The minimum Gasteiger partial charge on any atom is -0.480 e. The van der Waals surface area contributed by atoms with E-state index < -0.39 is 44.8 Å². The molecule has 0 aliphatic rings. The summed E-state index contributed by atoms with van der Waals surface area (Å²) in [6.07, 6.45) is 0. The number of nitro groups is 2. The third kappa shape index (κ3) is 3.02. The van der Waals surface area contributed by atoms with Crippen LogP contribution in [0, 0.1) is 26.1 Å². The van der Waals surface area contributed by atoms with Gasteiger partial charge in [-0.3, -0.25) is 25.0 Å². The predicted octanol–water partition coefficient (Wildman–Crippen LogP) is 0.759. The highest BCUT2D eigenvalue weighted by atomic mass is 16.6. The van der Waals surface area contributed by atoms with Crippen LogP contribution in [0.3, 0.4) is 0 Å². The van der Waals surface area contributed by atoms with Gasteiger partial charge in [-0.1, -0.05) is 13.0 Å². The molecule has 10 heteroatoms. The summed E-state index contributed by atoms with van der Waals surface area (Å²) < 4.78 is 0. The molecule has 0 aromatic heterocycles. The standard InChI is InChI=1S/C12H15N3O7/c1-6(9(13)11(16)17)12(2,18)7-4-3-5-8(14(19)20)10(7)15(21)22/h3-6,9,18H,13H2,1-2H3,(H,16,17). The van der Waals surface area contributed by atoms with Crippen molar-refractivity contribution in [3.63, 3.8) is 0 Å². The zero-order valence-corrected chi connectivity index (χ0v) is 11.8. The van der Waals surface area contributed by atoms with Crippen molar-refractivity contribution < 1.29 is 24.9 Å².